The molecule has 166 valence electrons. The van der Waals surface area contributed by atoms with Crippen molar-refractivity contribution in [3.05, 3.63) is 119 Å². The van der Waals surface area contributed by atoms with E-state index in [0.717, 1.165) is 16.6 Å². The maximum atomic E-state index is 4.63. The van der Waals surface area contributed by atoms with E-state index in [-0.39, 0.29) is 0 Å². The van der Waals surface area contributed by atoms with E-state index in [1.165, 1.54) is 43.8 Å². The molecule has 1 aliphatic heterocycles. The van der Waals surface area contributed by atoms with Crippen LogP contribution in [0.4, 0.5) is 0 Å². The van der Waals surface area contributed by atoms with Crippen LogP contribution in [0.2, 0.25) is 0 Å². The number of hydrogen-bond acceptors (Lipinski definition) is 2. The summed E-state index contributed by atoms with van der Waals surface area (Å²) in [7, 11) is 0. The van der Waals surface area contributed by atoms with Gasteiger partial charge in [-0.25, -0.2) is 0 Å². The molecule has 1 aromatic heterocycles. The summed E-state index contributed by atoms with van der Waals surface area (Å²) in [4.78, 5) is 4.63. The lowest BCUT2D eigenvalue weighted by Gasteiger charge is -2.28. The van der Waals surface area contributed by atoms with Crippen molar-refractivity contribution in [1.82, 2.24) is 10.3 Å². The first-order valence-electron chi connectivity index (χ1n) is 11.8. The van der Waals surface area contributed by atoms with Crippen LogP contribution in [0.25, 0.3) is 38.4 Å². The Balaban J connectivity index is 1.47. The predicted molar refractivity (Wildman–Crippen MR) is 147 cm³/mol. The molecule has 0 radical (unpaired) electrons. The third-order valence-corrected chi connectivity index (χ3v) is 7.44. The van der Waals surface area contributed by atoms with Gasteiger partial charge in [0, 0.05) is 16.2 Å². The summed E-state index contributed by atoms with van der Waals surface area (Å²) in [5.74, 6) is 0.488. The van der Waals surface area contributed by atoms with Gasteiger partial charge in [0.1, 0.15) is 0 Å². The minimum absolute atomic E-state index is 0.292. The van der Waals surface area contributed by atoms with Crippen molar-refractivity contribution in [1.29, 1.82) is 0 Å². The largest absolute Gasteiger partial charge is 0.381 e. The first kappa shape index (κ1) is 21.1. The van der Waals surface area contributed by atoms with Crippen LogP contribution >= 0.6 is 15.9 Å². The molecule has 1 aliphatic carbocycles. The van der Waals surface area contributed by atoms with Gasteiger partial charge in [0.25, 0.3) is 0 Å². The molecular formula is C31H25BrN2. The summed E-state index contributed by atoms with van der Waals surface area (Å²) in [5, 5.41) is 8.45. The second-order valence-electron chi connectivity index (χ2n) is 9.12. The maximum absolute atomic E-state index is 4.63. The van der Waals surface area contributed by atoms with E-state index in [0.29, 0.717) is 12.0 Å². The Morgan fingerprint density at radius 1 is 0.912 bits per heavy atom. The zero-order valence-corrected chi connectivity index (χ0v) is 20.6. The minimum Gasteiger partial charge on any atom is -0.381 e. The third kappa shape index (κ3) is 3.80. The highest BCUT2D eigenvalue weighted by Gasteiger charge is 2.22. The lowest BCUT2D eigenvalue weighted by atomic mass is 9.81. The molecule has 0 spiro atoms. The van der Waals surface area contributed by atoms with Crippen LogP contribution in [0.1, 0.15) is 18.9 Å². The van der Waals surface area contributed by atoms with Crippen molar-refractivity contribution in [2.24, 2.45) is 5.92 Å². The summed E-state index contributed by atoms with van der Waals surface area (Å²) in [6.07, 6.45) is 16.0. The molecule has 2 nitrogen and oxygen atoms in total. The van der Waals surface area contributed by atoms with Crippen molar-refractivity contribution in [2.45, 2.75) is 19.4 Å². The fraction of sp³-hybridized carbons (Fsp3) is 0.129. The lowest BCUT2D eigenvalue weighted by Crippen LogP contribution is -2.29. The molecule has 0 saturated carbocycles. The number of rotatable bonds is 3. The number of halogens is 1. The maximum Gasteiger partial charge on any atom is 0.0708 e. The Labute approximate surface area is 208 Å². The highest BCUT2D eigenvalue weighted by Crippen LogP contribution is 2.39. The number of fused-ring (bicyclic) bond motifs is 3. The molecule has 0 amide bonds. The quantitative estimate of drug-likeness (QED) is 0.284. The Morgan fingerprint density at radius 3 is 2.65 bits per heavy atom. The Morgan fingerprint density at radius 2 is 1.85 bits per heavy atom. The van der Waals surface area contributed by atoms with E-state index in [2.05, 4.69) is 106 Å². The van der Waals surface area contributed by atoms with Crippen LogP contribution in [0.3, 0.4) is 0 Å². The molecule has 0 fully saturated rings. The summed E-state index contributed by atoms with van der Waals surface area (Å²) in [6, 6.07) is 22.1. The summed E-state index contributed by atoms with van der Waals surface area (Å²) < 4.78 is 1.09. The number of nitrogens with zero attached hydrogens (tertiary/aromatic N) is 1. The standard InChI is InChI=1S/C31H25BrN2/c1-20-16-21(10-12-25(20)30-6-2-4-14-33-30)22-8-9-23-18-29(31-7-3-5-15-34-31)26-13-11-24(32)19-28(26)27(23)17-22/h2-15,17-20,30,33H,16H2,1H3. The molecule has 2 unspecified atom stereocenters. The van der Waals surface area contributed by atoms with Gasteiger partial charge in [-0.05, 0) is 99.3 Å². The molecule has 0 bridgehead atoms. The molecule has 3 aromatic carbocycles. The van der Waals surface area contributed by atoms with E-state index < -0.39 is 0 Å². The molecule has 1 N–H and O–H groups in total. The van der Waals surface area contributed by atoms with Crippen LogP contribution in [0.15, 0.2) is 113 Å². The molecule has 34 heavy (non-hydrogen) atoms. The molecule has 3 heteroatoms. The molecule has 2 aliphatic rings. The van der Waals surface area contributed by atoms with Gasteiger partial charge in [-0.1, -0.05) is 71.4 Å². The van der Waals surface area contributed by atoms with Crippen LogP contribution < -0.4 is 5.32 Å². The van der Waals surface area contributed by atoms with Gasteiger partial charge in [0.05, 0.1) is 11.7 Å². The molecule has 0 saturated heterocycles. The number of hydrogen-bond donors (Lipinski definition) is 1. The Bertz CT molecular complexity index is 1530. The summed E-state index contributed by atoms with van der Waals surface area (Å²) >= 11 is 3.70. The van der Waals surface area contributed by atoms with E-state index in [1.807, 2.05) is 30.6 Å². The van der Waals surface area contributed by atoms with Crippen molar-refractivity contribution < 1.29 is 0 Å². The molecule has 6 rings (SSSR count). The SMILES string of the molecule is CC1CC(c2ccc3cc(-c4ccccn4)c4ccc(Br)cc4c3c2)=CC=C1C1C=CC=CN1. The van der Waals surface area contributed by atoms with Crippen molar-refractivity contribution >= 4 is 43.0 Å². The third-order valence-electron chi connectivity index (χ3n) is 6.94. The number of dihydropyridines is 1. The fourth-order valence-electron chi connectivity index (χ4n) is 5.21. The zero-order valence-electron chi connectivity index (χ0n) is 19.0. The van der Waals surface area contributed by atoms with Crippen LogP contribution in [0, 0.1) is 5.92 Å². The number of allylic oxidation sites excluding steroid dienone is 5. The van der Waals surface area contributed by atoms with E-state index >= 15 is 0 Å². The fourth-order valence-corrected chi connectivity index (χ4v) is 5.57. The summed E-state index contributed by atoms with van der Waals surface area (Å²) in [5.41, 5.74) is 6.31. The van der Waals surface area contributed by atoms with E-state index in [4.69, 9.17) is 0 Å². The highest BCUT2D eigenvalue weighted by molar-refractivity contribution is 9.10. The van der Waals surface area contributed by atoms with Gasteiger partial charge in [-0.3, -0.25) is 4.98 Å². The predicted octanol–water partition coefficient (Wildman–Crippen LogP) is 8.21. The van der Waals surface area contributed by atoms with E-state index in [1.54, 1.807) is 0 Å². The van der Waals surface area contributed by atoms with E-state index in [9.17, 15) is 0 Å². The number of benzene rings is 3. The Hall–Kier alpha value is -3.43. The highest BCUT2D eigenvalue weighted by atomic mass is 79.9. The van der Waals surface area contributed by atoms with Crippen molar-refractivity contribution in [2.75, 3.05) is 0 Å². The molecule has 2 atom stereocenters. The zero-order chi connectivity index (χ0) is 23.1. The number of nitrogens with one attached hydrogen (secondary N) is 1. The first-order chi connectivity index (χ1) is 16.7. The van der Waals surface area contributed by atoms with Gasteiger partial charge < -0.3 is 5.32 Å². The van der Waals surface area contributed by atoms with Gasteiger partial charge in [0.15, 0.2) is 0 Å². The van der Waals surface area contributed by atoms with Gasteiger partial charge in [-0.15, -0.1) is 0 Å². The Kier molecular flexibility index (Phi) is 5.43. The molecular weight excluding hydrogens is 480 g/mol. The number of aromatic nitrogens is 1. The minimum atomic E-state index is 0.292. The average Bonchev–Trinajstić information content (AvgIpc) is 2.89. The normalized spacial score (nSPS) is 19.7. The second kappa shape index (κ2) is 8.73. The topological polar surface area (TPSA) is 24.9 Å². The second-order valence-corrected chi connectivity index (χ2v) is 10.0. The van der Waals surface area contributed by atoms with Gasteiger partial charge >= 0.3 is 0 Å². The lowest BCUT2D eigenvalue weighted by molar-refractivity contribution is 0.615. The summed E-state index contributed by atoms with van der Waals surface area (Å²) in [6.45, 7) is 2.33. The van der Waals surface area contributed by atoms with Gasteiger partial charge in [-0.2, -0.15) is 0 Å². The van der Waals surface area contributed by atoms with Crippen LogP contribution in [-0.4, -0.2) is 11.0 Å². The molecule has 2 heterocycles. The van der Waals surface area contributed by atoms with Gasteiger partial charge in [0.2, 0.25) is 0 Å². The first-order valence-corrected chi connectivity index (χ1v) is 12.5. The smallest absolute Gasteiger partial charge is 0.0708 e. The average molecular weight is 505 g/mol. The van der Waals surface area contributed by atoms with Crippen LogP contribution in [0.5, 0.6) is 0 Å². The van der Waals surface area contributed by atoms with Crippen molar-refractivity contribution in [3.63, 3.8) is 0 Å². The van der Waals surface area contributed by atoms with Crippen LogP contribution in [-0.2, 0) is 0 Å². The monoisotopic (exact) mass is 504 g/mol. The molecule has 4 aromatic rings. The van der Waals surface area contributed by atoms with Crippen molar-refractivity contribution in [3.8, 4) is 11.3 Å². The number of pyridine rings is 1.